The van der Waals surface area contributed by atoms with Gasteiger partial charge in [0.15, 0.2) is 0 Å². The molecule has 1 amide bonds. The largest absolute Gasteiger partial charge is 0.389 e. The quantitative estimate of drug-likeness (QED) is 0.377. The number of imidazole rings is 1. The monoisotopic (exact) mass is 545 g/mol. The molecule has 0 unspecified atom stereocenters. The highest BCUT2D eigenvalue weighted by atomic mass is 16.6. The third-order valence-electron chi connectivity index (χ3n) is 8.55. The molecule has 0 saturated carbocycles. The number of methoxy groups -OCH3 is 1. The summed E-state index contributed by atoms with van der Waals surface area (Å²) in [6.45, 7) is 5.83. The second-order valence-corrected chi connectivity index (χ2v) is 11.0. The van der Waals surface area contributed by atoms with Gasteiger partial charge in [-0.25, -0.2) is 9.61 Å². The molecule has 1 saturated heterocycles. The van der Waals surface area contributed by atoms with Crippen LogP contribution in [0.3, 0.4) is 0 Å². The molecule has 0 aliphatic carbocycles. The summed E-state index contributed by atoms with van der Waals surface area (Å²) in [5, 5.41) is 22.7. The van der Waals surface area contributed by atoms with Crippen molar-refractivity contribution < 1.29 is 19.3 Å². The Labute approximate surface area is 232 Å². The van der Waals surface area contributed by atoms with Crippen LogP contribution in [0.4, 0.5) is 5.69 Å². The molecule has 40 heavy (non-hydrogen) atoms. The number of carbonyl (C=O) groups excluding carboxylic acids is 1. The predicted molar refractivity (Wildman–Crippen MR) is 148 cm³/mol. The van der Waals surface area contributed by atoms with Gasteiger partial charge in [-0.3, -0.25) is 4.79 Å². The standard InChI is InChI=1S/C29H35N7O4/c1-18-24(33-40-32-18)15-34(3)22-11-23(19(2)39-4)27-31-25(16-36(27)14-22)28(38)35-10-9-29(26(37)17-35)12-20-7-5-6-8-21(20)13-30-29/h5-8,11,14,16,19,26,30,37H,9-10,12-13,15,17H2,1-4H3/t19-,26-,29+/m1/s1. The highest BCUT2D eigenvalue weighted by Crippen LogP contribution is 2.33. The first-order valence-electron chi connectivity index (χ1n) is 13.6. The number of fused-ring (bicyclic) bond motifs is 2. The number of aromatic nitrogens is 4. The summed E-state index contributed by atoms with van der Waals surface area (Å²) in [4.78, 5) is 22.2. The van der Waals surface area contributed by atoms with E-state index in [2.05, 4.69) is 27.8 Å². The number of aliphatic hydroxyl groups excluding tert-OH is 1. The van der Waals surface area contributed by atoms with Crippen molar-refractivity contribution in [3.8, 4) is 0 Å². The van der Waals surface area contributed by atoms with E-state index >= 15 is 0 Å². The van der Waals surface area contributed by atoms with Crippen molar-refractivity contribution in [3.63, 3.8) is 0 Å². The third kappa shape index (κ3) is 4.63. The highest BCUT2D eigenvalue weighted by Gasteiger charge is 2.45. The molecule has 210 valence electrons. The van der Waals surface area contributed by atoms with Crippen molar-refractivity contribution in [1.82, 2.24) is 29.9 Å². The highest BCUT2D eigenvalue weighted by molar-refractivity contribution is 5.93. The topological polar surface area (TPSA) is 121 Å². The van der Waals surface area contributed by atoms with Gasteiger partial charge in [-0.2, -0.15) is 0 Å². The first-order valence-corrected chi connectivity index (χ1v) is 13.6. The number of ether oxygens (including phenoxy) is 1. The van der Waals surface area contributed by atoms with Gasteiger partial charge in [0.1, 0.15) is 22.7 Å². The molecule has 3 atom stereocenters. The van der Waals surface area contributed by atoms with E-state index in [1.165, 1.54) is 11.1 Å². The second kappa shape index (κ2) is 10.3. The number of carbonyl (C=O) groups is 1. The zero-order valence-corrected chi connectivity index (χ0v) is 23.3. The van der Waals surface area contributed by atoms with Gasteiger partial charge >= 0.3 is 0 Å². The number of likely N-dealkylation sites (tertiary alicyclic amines) is 1. The summed E-state index contributed by atoms with van der Waals surface area (Å²) in [6.07, 6.45) is 4.19. The fraction of sp³-hybridized carbons (Fsp3) is 0.448. The molecule has 5 heterocycles. The smallest absolute Gasteiger partial charge is 0.274 e. The third-order valence-corrected chi connectivity index (χ3v) is 8.55. The van der Waals surface area contributed by atoms with Crippen LogP contribution in [-0.4, -0.2) is 74.5 Å². The Bertz CT molecular complexity index is 1550. The summed E-state index contributed by atoms with van der Waals surface area (Å²) >= 11 is 0. The lowest BCUT2D eigenvalue weighted by Crippen LogP contribution is -2.65. The zero-order chi connectivity index (χ0) is 28.0. The number of aliphatic hydroxyl groups is 1. The van der Waals surface area contributed by atoms with Crippen molar-refractivity contribution in [2.45, 2.75) is 57.5 Å². The van der Waals surface area contributed by atoms with Crippen LogP contribution in [-0.2, 0) is 24.2 Å². The van der Waals surface area contributed by atoms with Crippen molar-refractivity contribution in [2.75, 3.05) is 32.1 Å². The molecule has 1 aromatic carbocycles. The van der Waals surface area contributed by atoms with E-state index in [0.717, 1.165) is 35.6 Å². The first kappa shape index (κ1) is 26.4. The van der Waals surface area contributed by atoms with E-state index in [1.54, 1.807) is 18.2 Å². The van der Waals surface area contributed by atoms with Crippen LogP contribution in [0.2, 0.25) is 0 Å². The molecule has 0 radical (unpaired) electrons. The van der Waals surface area contributed by atoms with Crippen molar-refractivity contribution >= 4 is 17.2 Å². The maximum absolute atomic E-state index is 13.7. The van der Waals surface area contributed by atoms with Crippen LogP contribution in [0.15, 0.2) is 47.4 Å². The Morgan fingerprint density at radius 1 is 1.30 bits per heavy atom. The minimum Gasteiger partial charge on any atom is -0.389 e. The molecular formula is C29H35N7O4. The Kier molecular flexibility index (Phi) is 6.81. The van der Waals surface area contributed by atoms with E-state index in [1.807, 2.05) is 54.6 Å². The Morgan fingerprint density at radius 3 is 2.83 bits per heavy atom. The molecule has 6 rings (SSSR count). The maximum atomic E-state index is 13.7. The van der Waals surface area contributed by atoms with Gasteiger partial charge in [0.05, 0.1) is 30.0 Å². The van der Waals surface area contributed by atoms with E-state index < -0.39 is 11.6 Å². The predicted octanol–water partition coefficient (Wildman–Crippen LogP) is 2.66. The lowest BCUT2D eigenvalue weighted by Gasteiger charge is -2.48. The summed E-state index contributed by atoms with van der Waals surface area (Å²) in [7, 11) is 3.61. The number of aryl methyl sites for hydroxylation is 1. The molecule has 2 aliphatic heterocycles. The van der Waals surface area contributed by atoms with Crippen LogP contribution in [0.25, 0.3) is 5.65 Å². The molecule has 11 nitrogen and oxygen atoms in total. The van der Waals surface area contributed by atoms with Crippen LogP contribution < -0.4 is 10.2 Å². The van der Waals surface area contributed by atoms with Crippen LogP contribution in [0.5, 0.6) is 0 Å². The van der Waals surface area contributed by atoms with E-state index in [9.17, 15) is 9.90 Å². The first-order chi connectivity index (χ1) is 19.3. The van der Waals surface area contributed by atoms with E-state index in [0.29, 0.717) is 30.9 Å². The van der Waals surface area contributed by atoms with Gasteiger partial charge in [0, 0.05) is 51.7 Å². The van der Waals surface area contributed by atoms with Crippen LogP contribution in [0, 0.1) is 6.92 Å². The van der Waals surface area contributed by atoms with Gasteiger partial charge in [0.2, 0.25) is 0 Å². The van der Waals surface area contributed by atoms with Gasteiger partial charge in [-0.15, -0.1) is 0 Å². The number of anilines is 1. The summed E-state index contributed by atoms with van der Waals surface area (Å²) < 4.78 is 12.4. The summed E-state index contributed by atoms with van der Waals surface area (Å²) in [5.74, 6) is -0.191. The molecule has 3 aromatic heterocycles. The number of piperidine rings is 1. The Morgan fingerprint density at radius 2 is 2.10 bits per heavy atom. The molecular weight excluding hydrogens is 510 g/mol. The van der Waals surface area contributed by atoms with Gasteiger partial charge in [-0.1, -0.05) is 34.6 Å². The zero-order valence-electron chi connectivity index (χ0n) is 23.3. The number of hydrogen-bond donors (Lipinski definition) is 2. The second-order valence-electron chi connectivity index (χ2n) is 11.0. The van der Waals surface area contributed by atoms with Crippen molar-refractivity contribution in [2.24, 2.45) is 0 Å². The number of β-amino-alcohol motifs (C(OH)–C–C–N with tert-alkyl or cyclic N) is 1. The maximum Gasteiger partial charge on any atom is 0.274 e. The number of benzene rings is 1. The molecule has 1 spiro atoms. The lowest BCUT2D eigenvalue weighted by atomic mass is 9.76. The normalized spacial score (nSPS) is 21.5. The number of nitrogens with zero attached hydrogens (tertiary/aromatic N) is 6. The molecule has 2 N–H and O–H groups in total. The van der Waals surface area contributed by atoms with E-state index in [-0.39, 0.29) is 18.6 Å². The Balaban J connectivity index is 1.24. The lowest BCUT2D eigenvalue weighted by molar-refractivity contribution is -0.0140. The Hall–Kier alpha value is -3.80. The number of nitrogens with one attached hydrogen (secondary N) is 1. The number of hydrogen-bond acceptors (Lipinski definition) is 9. The van der Waals surface area contributed by atoms with Gasteiger partial charge in [0.25, 0.3) is 5.91 Å². The number of rotatable bonds is 6. The minimum atomic E-state index is -0.686. The van der Waals surface area contributed by atoms with Crippen molar-refractivity contribution in [3.05, 3.63) is 76.5 Å². The molecule has 0 bridgehead atoms. The van der Waals surface area contributed by atoms with Crippen molar-refractivity contribution in [1.29, 1.82) is 0 Å². The molecule has 1 fully saturated rings. The van der Waals surface area contributed by atoms with Crippen LogP contribution >= 0.6 is 0 Å². The van der Waals surface area contributed by atoms with E-state index in [4.69, 9.17) is 14.3 Å². The van der Waals surface area contributed by atoms with Gasteiger partial charge in [-0.05, 0) is 43.9 Å². The molecule has 4 aromatic rings. The SMILES string of the molecule is CO[C@H](C)c1cc(N(C)Cc2nonc2C)cn2cc(C(=O)N3CC[C@]4(Cc5ccccc5CN4)[C@H](O)C3)nc12. The minimum absolute atomic E-state index is 0.191. The average Bonchev–Trinajstić information content (AvgIpc) is 3.59. The fourth-order valence-corrected chi connectivity index (χ4v) is 5.87. The number of amides is 1. The van der Waals surface area contributed by atoms with Crippen LogP contribution in [0.1, 0.15) is 58.0 Å². The summed E-state index contributed by atoms with van der Waals surface area (Å²) in [5.41, 5.74) is 6.36. The average molecular weight is 546 g/mol. The molecule has 2 aliphatic rings. The fourth-order valence-electron chi connectivity index (χ4n) is 5.87. The van der Waals surface area contributed by atoms with Gasteiger partial charge < -0.3 is 29.4 Å². The number of pyridine rings is 1. The summed E-state index contributed by atoms with van der Waals surface area (Å²) in [6, 6.07) is 10.4. The molecule has 11 heteroatoms.